The highest BCUT2D eigenvalue weighted by Gasteiger charge is 2.11. The largest absolute Gasteiger partial charge is 0.326 e. The number of halogens is 2. The molecule has 1 aromatic heterocycles. The van der Waals surface area contributed by atoms with Gasteiger partial charge < -0.3 is 10.6 Å². The van der Waals surface area contributed by atoms with Crippen molar-refractivity contribution in [2.75, 3.05) is 10.6 Å². The number of carbonyl (C=O) groups is 2. The van der Waals surface area contributed by atoms with Crippen LogP contribution in [0.4, 0.5) is 11.4 Å². The number of hydrogen-bond donors (Lipinski definition) is 2. The summed E-state index contributed by atoms with van der Waals surface area (Å²) < 4.78 is 0.912. The molecular formula is C14H12Cl2N4O3. The number of carbonyl (C=O) groups excluding carboxylic acids is 2. The SMILES string of the molecule is CC(=O)Nc1ccc(NC(=O)Cn2ncc(Cl)c(Cl)c2=O)cc1. The van der Waals surface area contributed by atoms with Crippen molar-refractivity contribution < 1.29 is 9.59 Å². The van der Waals surface area contributed by atoms with E-state index in [2.05, 4.69) is 15.7 Å². The summed E-state index contributed by atoms with van der Waals surface area (Å²) in [6.07, 6.45) is 1.20. The number of hydrogen-bond acceptors (Lipinski definition) is 4. The Morgan fingerprint density at radius 2 is 1.70 bits per heavy atom. The van der Waals surface area contributed by atoms with E-state index >= 15 is 0 Å². The van der Waals surface area contributed by atoms with E-state index in [0.29, 0.717) is 11.4 Å². The summed E-state index contributed by atoms with van der Waals surface area (Å²) in [5, 5.41) is 8.80. The summed E-state index contributed by atoms with van der Waals surface area (Å²) in [6.45, 7) is 1.10. The van der Waals surface area contributed by atoms with Gasteiger partial charge in [-0.25, -0.2) is 4.68 Å². The topological polar surface area (TPSA) is 93.1 Å². The second kappa shape index (κ2) is 7.26. The monoisotopic (exact) mass is 354 g/mol. The van der Waals surface area contributed by atoms with Crippen LogP contribution in [-0.2, 0) is 16.1 Å². The molecule has 0 atom stereocenters. The van der Waals surface area contributed by atoms with Gasteiger partial charge in [-0.05, 0) is 24.3 Å². The maximum absolute atomic E-state index is 11.9. The molecule has 0 aliphatic carbocycles. The Balaban J connectivity index is 2.04. The van der Waals surface area contributed by atoms with Crippen molar-refractivity contribution in [3.63, 3.8) is 0 Å². The molecule has 2 rings (SSSR count). The van der Waals surface area contributed by atoms with Crippen LogP contribution >= 0.6 is 23.2 Å². The zero-order valence-electron chi connectivity index (χ0n) is 12.0. The molecule has 23 heavy (non-hydrogen) atoms. The first-order valence-electron chi connectivity index (χ1n) is 6.45. The Hall–Kier alpha value is -2.38. The smallest absolute Gasteiger partial charge is 0.287 e. The lowest BCUT2D eigenvalue weighted by molar-refractivity contribution is -0.117. The van der Waals surface area contributed by atoms with Gasteiger partial charge in [0.15, 0.2) is 0 Å². The highest BCUT2D eigenvalue weighted by Crippen LogP contribution is 2.15. The molecule has 0 radical (unpaired) electrons. The van der Waals surface area contributed by atoms with Crippen molar-refractivity contribution in [2.24, 2.45) is 0 Å². The molecule has 0 aliphatic heterocycles. The van der Waals surface area contributed by atoms with E-state index in [1.54, 1.807) is 24.3 Å². The molecule has 1 heterocycles. The van der Waals surface area contributed by atoms with Gasteiger partial charge in [0.2, 0.25) is 11.8 Å². The van der Waals surface area contributed by atoms with Gasteiger partial charge >= 0.3 is 0 Å². The van der Waals surface area contributed by atoms with Crippen LogP contribution in [0.3, 0.4) is 0 Å². The molecule has 0 saturated heterocycles. The Morgan fingerprint density at radius 1 is 1.13 bits per heavy atom. The predicted molar refractivity (Wildman–Crippen MR) is 87.9 cm³/mol. The normalized spacial score (nSPS) is 10.2. The van der Waals surface area contributed by atoms with E-state index in [1.165, 1.54) is 13.1 Å². The fourth-order valence-electron chi connectivity index (χ4n) is 1.73. The minimum atomic E-state index is -0.643. The third-order valence-electron chi connectivity index (χ3n) is 2.72. The Labute approximate surface area is 141 Å². The summed E-state index contributed by atoms with van der Waals surface area (Å²) in [5.74, 6) is -0.642. The van der Waals surface area contributed by atoms with Crippen LogP contribution in [0.1, 0.15) is 6.92 Å². The van der Waals surface area contributed by atoms with Crippen LogP contribution in [-0.4, -0.2) is 21.6 Å². The molecule has 2 amide bonds. The lowest BCUT2D eigenvalue weighted by Crippen LogP contribution is -2.29. The van der Waals surface area contributed by atoms with Crippen molar-refractivity contribution in [3.8, 4) is 0 Å². The number of anilines is 2. The van der Waals surface area contributed by atoms with Crippen molar-refractivity contribution in [1.82, 2.24) is 9.78 Å². The van der Waals surface area contributed by atoms with E-state index < -0.39 is 11.5 Å². The molecule has 0 saturated carbocycles. The number of benzene rings is 1. The second-order valence-electron chi connectivity index (χ2n) is 4.58. The van der Waals surface area contributed by atoms with Crippen molar-refractivity contribution in [3.05, 3.63) is 50.9 Å². The van der Waals surface area contributed by atoms with Crippen molar-refractivity contribution in [2.45, 2.75) is 13.5 Å². The molecule has 2 aromatic rings. The molecule has 2 N–H and O–H groups in total. The molecule has 0 aliphatic rings. The van der Waals surface area contributed by atoms with Crippen molar-refractivity contribution >= 4 is 46.4 Å². The van der Waals surface area contributed by atoms with Gasteiger partial charge in [0.25, 0.3) is 5.56 Å². The maximum atomic E-state index is 11.9. The molecule has 7 nitrogen and oxygen atoms in total. The Morgan fingerprint density at radius 3 is 2.26 bits per heavy atom. The Kier molecular flexibility index (Phi) is 5.36. The summed E-state index contributed by atoms with van der Waals surface area (Å²) in [4.78, 5) is 34.6. The van der Waals surface area contributed by atoms with Crippen molar-refractivity contribution in [1.29, 1.82) is 0 Å². The van der Waals surface area contributed by atoms with E-state index in [4.69, 9.17) is 23.2 Å². The molecule has 1 aromatic carbocycles. The molecule has 120 valence electrons. The van der Waals surface area contributed by atoms with Gasteiger partial charge in [-0.2, -0.15) is 5.10 Å². The van der Waals surface area contributed by atoms with E-state index in [0.717, 1.165) is 4.68 Å². The zero-order valence-corrected chi connectivity index (χ0v) is 13.5. The fraction of sp³-hybridized carbons (Fsp3) is 0.143. The van der Waals surface area contributed by atoms with E-state index in [9.17, 15) is 14.4 Å². The summed E-state index contributed by atoms with van der Waals surface area (Å²) in [5.41, 5.74) is 0.477. The van der Waals surface area contributed by atoms with Gasteiger partial charge in [-0.3, -0.25) is 14.4 Å². The molecular weight excluding hydrogens is 343 g/mol. The number of aromatic nitrogens is 2. The molecule has 0 spiro atoms. The number of nitrogens with zero attached hydrogens (tertiary/aromatic N) is 2. The third kappa shape index (κ3) is 4.54. The number of rotatable bonds is 4. The van der Waals surface area contributed by atoms with E-state index in [-0.39, 0.29) is 22.5 Å². The molecule has 9 heteroatoms. The third-order valence-corrected chi connectivity index (χ3v) is 3.47. The molecule has 0 bridgehead atoms. The van der Waals surface area contributed by atoms with Crippen LogP contribution < -0.4 is 16.2 Å². The highest BCUT2D eigenvalue weighted by molar-refractivity contribution is 6.41. The minimum absolute atomic E-state index is 0.0295. The van der Waals surface area contributed by atoms with E-state index in [1.807, 2.05) is 0 Å². The lowest BCUT2D eigenvalue weighted by Gasteiger charge is -2.08. The first kappa shape index (κ1) is 17.0. The summed E-state index contributed by atoms with van der Waals surface area (Å²) in [7, 11) is 0. The summed E-state index contributed by atoms with van der Waals surface area (Å²) in [6, 6.07) is 6.52. The van der Waals surface area contributed by atoms with Crippen LogP contribution in [0, 0.1) is 0 Å². The number of amides is 2. The van der Waals surface area contributed by atoms with Gasteiger partial charge in [-0.15, -0.1) is 0 Å². The van der Waals surface area contributed by atoms with Gasteiger partial charge in [0.05, 0.1) is 11.2 Å². The standard InChI is InChI=1S/C14H12Cl2N4O3/c1-8(21)18-9-2-4-10(5-3-9)19-12(22)7-20-14(23)13(16)11(15)6-17-20/h2-6H,7H2,1H3,(H,18,21)(H,19,22). The maximum Gasteiger partial charge on any atom is 0.287 e. The van der Waals surface area contributed by atoms with Gasteiger partial charge in [-0.1, -0.05) is 23.2 Å². The molecule has 0 fully saturated rings. The quantitative estimate of drug-likeness (QED) is 0.879. The minimum Gasteiger partial charge on any atom is -0.326 e. The zero-order chi connectivity index (χ0) is 17.0. The number of nitrogens with one attached hydrogen (secondary N) is 2. The van der Waals surface area contributed by atoms with Gasteiger partial charge in [0, 0.05) is 18.3 Å². The Bertz CT molecular complexity index is 803. The predicted octanol–water partition coefficient (Wildman–Crippen LogP) is 2.15. The average Bonchev–Trinajstić information content (AvgIpc) is 2.49. The van der Waals surface area contributed by atoms with Crippen LogP contribution in [0.2, 0.25) is 10.0 Å². The first-order chi connectivity index (χ1) is 10.9. The van der Waals surface area contributed by atoms with Crippen LogP contribution in [0.5, 0.6) is 0 Å². The molecule has 0 unspecified atom stereocenters. The second-order valence-corrected chi connectivity index (χ2v) is 5.36. The average molecular weight is 355 g/mol. The highest BCUT2D eigenvalue weighted by atomic mass is 35.5. The first-order valence-corrected chi connectivity index (χ1v) is 7.21. The lowest BCUT2D eigenvalue weighted by atomic mass is 10.2. The fourth-order valence-corrected chi connectivity index (χ4v) is 2.01. The van der Waals surface area contributed by atoms with Crippen LogP contribution in [0.25, 0.3) is 0 Å². The van der Waals surface area contributed by atoms with Gasteiger partial charge in [0.1, 0.15) is 11.6 Å². The summed E-state index contributed by atoms with van der Waals surface area (Å²) >= 11 is 11.4. The van der Waals surface area contributed by atoms with Crippen LogP contribution in [0.15, 0.2) is 35.3 Å².